The van der Waals surface area contributed by atoms with Gasteiger partial charge in [-0.2, -0.15) is 0 Å². The van der Waals surface area contributed by atoms with E-state index in [1.807, 2.05) is 13.1 Å². The summed E-state index contributed by atoms with van der Waals surface area (Å²) in [7, 11) is 0. The van der Waals surface area contributed by atoms with Crippen LogP contribution in [0.2, 0.25) is 0 Å². The lowest BCUT2D eigenvalue weighted by Gasteiger charge is -2.32. The van der Waals surface area contributed by atoms with Crippen molar-refractivity contribution < 1.29 is 4.79 Å². The molecule has 116 valence electrons. The first-order valence-corrected chi connectivity index (χ1v) is 7.38. The molecule has 1 atom stereocenters. The molecule has 2 N–H and O–H groups in total. The molecule has 1 aromatic heterocycles. The second-order valence-corrected chi connectivity index (χ2v) is 6.30. The Balaban J connectivity index is 0.00000180. The molecule has 0 radical (unpaired) electrons. The van der Waals surface area contributed by atoms with Crippen LogP contribution < -0.4 is 10.6 Å². The van der Waals surface area contributed by atoms with E-state index in [-0.39, 0.29) is 36.1 Å². The molecule has 0 aliphatic carbocycles. The summed E-state index contributed by atoms with van der Waals surface area (Å²) in [5.74, 6) is 0.142. The molecular formula is C13H23Cl2N3OS. The Kier molecular flexibility index (Phi) is 8.66. The van der Waals surface area contributed by atoms with E-state index in [2.05, 4.69) is 22.5 Å². The third-order valence-electron chi connectivity index (χ3n) is 3.50. The number of hydrogen-bond acceptors (Lipinski definition) is 4. The number of thiazole rings is 1. The molecule has 0 saturated carbocycles. The van der Waals surface area contributed by atoms with Gasteiger partial charge >= 0.3 is 0 Å². The second-order valence-electron chi connectivity index (χ2n) is 5.10. The third-order valence-corrected chi connectivity index (χ3v) is 4.64. The van der Waals surface area contributed by atoms with Gasteiger partial charge < -0.3 is 10.6 Å². The fourth-order valence-corrected chi connectivity index (χ4v) is 3.01. The van der Waals surface area contributed by atoms with Gasteiger partial charge in [-0.1, -0.05) is 6.92 Å². The summed E-state index contributed by atoms with van der Waals surface area (Å²) >= 11 is 1.68. The second kappa shape index (κ2) is 8.82. The topological polar surface area (TPSA) is 54.0 Å². The van der Waals surface area contributed by atoms with Gasteiger partial charge in [0, 0.05) is 17.6 Å². The molecule has 1 amide bonds. The number of hydrogen-bond donors (Lipinski definition) is 2. The van der Waals surface area contributed by atoms with Crippen LogP contribution in [0.4, 0.5) is 0 Å². The van der Waals surface area contributed by atoms with Crippen LogP contribution in [-0.2, 0) is 17.8 Å². The van der Waals surface area contributed by atoms with Crippen molar-refractivity contribution in [2.24, 2.45) is 5.41 Å². The largest absolute Gasteiger partial charge is 0.349 e. The number of nitrogens with one attached hydrogen (secondary N) is 2. The van der Waals surface area contributed by atoms with Crippen LogP contribution in [0.1, 0.15) is 36.6 Å². The molecule has 7 heteroatoms. The molecule has 0 aromatic carbocycles. The van der Waals surface area contributed by atoms with Crippen molar-refractivity contribution in [1.82, 2.24) is 15.6 Å². The van der Waals surface area contributed by atoms with Crippen LogP contribution in [0.3, 0.4) is 0 Å². The highest BCUT2D eigenvalue weighted by atomic mass is 35.5. The predicted molar refractivity (Wildman–Crippen MR) is 88.0 cm³/mol. The monoisotopic (exact) mass is 339 g/mol. The molecule has 20 heavy (non-hydrogen) atoms. The molecule has 1 saturated heterocycles. The van der Waals surface area contributed by atoms with Gasteiger partial charge in [-0.05, 0) is 32.7 Å². The quantitative estimate of drug-likeness (QED) is 0.886. The first-order valence-electron chi connectivity index (χ1n) is 6.56. The molecule has 1 aromatic rings. The highest BCUT2D eigenvalue weighted by Crippen LogP contribution is 2.25. The Morgan fingerprint density at radius 3 is 2.85 bits per heavy atom. The number of aryl methyl sites for hydroxylation is 1. The van der Waals surface area contributed by atoms with Gasteiger partial charge in [-0.15, -0.1) is 36.2 Å². The standard InChI is InChI=1S/C13H21N3OS.2ClH/c1-3-10-7-15-11(18-10)8-16-12(17)13(2)5-4-6-14-9-13;;/h7,14H,3-6,8-9H2,1-2H3,(H,16,17);2*1H. The molecule has 1 aliphatic rings. The van der Waals surface area contributed by atoms with Crippen molar-refractivity contribution in [2.45, 2.75) is 39.7 Å². The van der Waals surface area contributed by atoms with E-state index in [0.29, 0.717) is 6.54 Å². The Labute approximate surface area is 137 Å². The first kappa shape index (κ1) is 19.6. The minimum absolute atomic E-state index is 0. The Hall–Kier alpha value is -0.360. The molecular weight excluding hydrogens is 317 g/mol. The fourth-order valence-electron chi connectivity index (χ4n) is 2.21. The SMILES string of the molecule is CCc1cnc(CNC(=O)C2(C)CCCNC2)s1.Cl.Cl. The third kappa shape index (κ3) is 4.88. The van der Waals surface area contributed by atoms with Crippen LogP contribution >= 0.6 is 36.2 Å². The molecule has 1 fully saturated rings. The predicted octanol–water partition coefficient (Wildman–Crippen LogP) is 2.56. The maximum atomic E-state index is 12.2. The van der Waals surface area contributed by atoms with E-state index in [9.17, 15) is 4.79 Å². The van der Waals surface area contributed by atoms with E-state index in [1.54, 1.807) is 11.3 Å². The van der Waals surface area contributed by atoms with Gasteiger partial charge in [0.15, 0.2) is 0 Å². The van der Waals surface area contributed by atoms with Crippen molar-refractivity contribution in [3.05, 3.63) is 16.1 Å². The van der Waals surface area contributed by atoms with E-state index in [0.717, 1.165) is 37.4 Å². The van der Waals surface area contributed by atoms with Crippen LogP contribution in [-0.4, -0.2) is 24.0 Å². The van der Waals surface area contributed by atoms with Gasteiger partial charge in [0.05, 0.1) is 12.0 Å². The molecule has 0 bridgehead atoms. The summed E-state index contributed by atoms with van der Waals surface area (Å²) < 4.78 is 0. The number of aromatic nitrogens is 1. The molecule has 0 spiro atoms. The van der Waals surface area contributed by atoms with Crippen LogP contribution in [0.25, 0.3) is 0 Å². The van der Waals surface area contributed by atoms with Gasteiger partial charge in [-0.25, -0.2) is 4.98 Å². The zero-order valence-corrected chi connectivity index (χ0v) is 14.3. The number of carbonyl (C=O) groups is 1. The zero-order valence-electron chi connectivity index (χ0n) is 11.9. The Bertz CT molecular complexity index is 420. The maximum absolute atomic E-state index is 12.2. The number of halogens is 2. The number of nitrogens with zero attached hydrogens (tertiary/aromatic N) is 1. The lowest BCUT2D eigenvalue weighted by Crippen LogP contribution is -2.48. The van der Waals surface area contributed by atoms with Crippen molar-refractivity contribution in [2.75, 3.05) is 13.1 Å². The fraction of sp³-hybridized carbons (Fsp3) is 0.692. The van der Waals surface area contributed by atoms with Gasteiger partial charge in [-0.3, -0.25) is 4.79 Å². The van der Waals surface area contributed by atoms with Crippen molar-refractivity contribution in [3.63, 3.8) is 0 Å². The average molecular weight is 340 g/mol. The van der Waals surface area contributed by atoms with Crippen LogP contribution in [0, 0.1) is 5.41 Å². The van der Waals surface area contributed by atoms with Gasteiger partial charge in [0.2, 0.25) is 5.91 Å². The molecule has 4 nitrogen and oxygen atoms in total. The number of amides is 1. The zero-order chi connectivity index (χ0) is 13.0. The van der Waals surface area contributed by atoms with Crippen molar-refractivity contribution >= 4 is 42.1 Å². The van der Waals surface area contributed by atoms with Crippen LogP contribution in [0.5, 0.6) is 0 Å². The normalized spacial score (nSPS) is 21.5. The molecule has 1 unspecified atom stereocenters. The van der Waals surface area contributed by atoms with E-state index < -0.39 is 0 Å². The highest BCUT2D eigenvalue weighted by Gasteiger charge is 2.34. The van der Waals surface area contributed by atoms with Crippen molar-refractivity contribution in [3.8, 4) is 0 Å². The summed E-state index contributed by atoms with van der Waals surface area (Å²) in [6.45, 7) is 6.50. The summed E-state index contributed by atoms with van der Waals surface area (Å²) in [4.78, 5) is 17.8. The summed E-state index contributed by atoms with van der Waals surface area (Å²) in [6.07, 6.45) is 4.94. The number of piperidine rings is 1. The summed E-state index contributed by atoms with van der Waals surface area (Å²) in [5.41, 5.74) is -0.261. The molecule has 2 rings (SSSR count). The maximum Gasteiger partial charge on any atom is 0.227 e. The smallest absolute Gasteiger partial charge is 0.227 e. The average Bonchev–Trinajstić information content (AvgIpc) is 2.84. The van der Waals surface area contributed by atoms with Crippen molar-refractivity contribution in [1.29, 1.82) is 0 Å². The van der Waals surface area contributed by atoms with E-state index >= 15 is 0 Å². The molecule has 2 heterocycles. The summed E-state index contributed by atoms with van der Waals surface area (Å²) in [6, 6.07) is 0. The lowest BCUT2D eigenvalue weighted by molar-refractivity contribution is -0.131. The van der Waals surface area contributed by atoms with Gasteiger partial charge in [0.1, 0.15) is 5.01 Å². The molecule has 1 aliphatic heterocycles. The minimum Gasteiger partial charge on any atom is -0.349 e. The number of carbonyl (C=O) groups excluding carboxylic acids is 1. The highest BCUT2D eigenvalue weighted by molar-refractivity contribution is 7.11. The lowest BCUT2D eigenvalue weighted by atomic mass is 9.82. The summed E-state index contributed by atoms with van der Waals surface area (Å²) in [5, 5.41) is 7.30. The van der Waals surface area contributed by atoms with E-state index in [1.165, 1.54) is 4.88 Å². The Morgan fingerprint density at radius 2 is 2.30 bits per heavy atom. The van der Waals surface area contributed by atoms with E-state index in [4.69, 9.17) is 0 Å². The van der Waals surface area contributed by atoms with Gasteiger partial charge in [0.25, 0.3) is 0 Å². The minimum atomic E-state index is -0.261. The first-order chi connectivity index (χ1) is 8.64. The number of rotatable bonds is 4. The van der Waals surface area contributed by atoms with Crippen LogP contribution in [0.15, 0.2) is 6.20 Å². The Morgan fingerprint density at radius 1 is 1.55 bits per heavy atom.